The molecule has 2 aromatic rings. The van der Waals surface area contributed by atoms with Crippen molar-refractivity contribution in [3.8, 4) is 16.9 Å². The van der Waals surface area contributed by atoms with Crippen molar-refractivity contribution in [3.63, 3.8) is 0 Å². The van der Waals surface area contributed by atoms with Gasteiger partial charge in [-0.1, -0.05) is 24.3 Å². The van der Waals surface area contributed by atoms with Crippen LogP contribution in [-0.4, -0.2) is 16.2 Å². The number of carboxylic acid groups (broad SMARTS) is 1. The Bertz CT molecular complexity index is 628. The van der Waals surface area contributed by atoms with Gasteiger partial charge in [0.05, 0.1) is 6.42 Å². The Labute approximate surface area is 108 Å². The number of phenols is 1. The first-order chi connectivity index (χ1) is 9.09. The first-order valence-corrected chi connectivity index (χ1v) is 5.92. The van der Waals surface area contributed by atoms with Gasteiger partial charge in [-0.25, -0.2) is 4.39 Å². The Morgan fingerprint density at radius 2 is 1.74 bits per heavy atom. The van der Waals surface area contributed by atoms with Crippen molar-refractivity contribution in [2.24, 2.45) is 0 Å². The lowest BCUT2D eigenvalue weighted by Crippen LogP contribution is -2.05. The molecule has 0 aromatic heterocycles. The maximum absolute atomic E-state index is 14.0. The van der Waals surface area contributed by atoms with Gasteiger partial charge in [0.25, 0.3) is 0 Å². The summed E-state index contributed by atoms with van der Waals surface area (Å²) in [7, 11) is 0. The highest BCUT2D eigenvalue weighted by molar-refractivity contribution is 5.85. The average molecular weight is 258 g/mol. The normalized spacial score (nSPS) is 15.9. The van der Waals surface area contributed by atoms with Crippen molar-refractivity contribution in [2.75, 3.05) is 0 Å². The molecule has 1 unspecified atom stereocenters. The number of hydrogen-bond donors (Lipinski definition) is 2. The summed E-state index contributed by atoms with van der Waals surface area (Å²) in [6.45, 7) is 0. The minimum Gasteiger partial charge on any atom is -0.507 e. The first kappa shape index (κ1) is 11.7. The van der Waals surface area contributed by atoms with Gasteiger partial charge in [-0.15, -0.1) is 0 Å². The van der Waals surface area contributed by atoms with Crippen LogP contribution in [0, 0.1) is 5.82 Å². The standard InChI is InChI=1S/C15H11FO3/c16-11-5-1-3-8-10(7-13(18)19)9-4-2-6-12(17)15(9)14(8)11/h1-6,10,17H,7H2,(H,18,19). The van der Waals surface area contributed by atoms with Gasteiger partial charge in [0.15, 0.2) is 0 Å². The van der Waals surface area contributed by atoms with Crippen LogP contribution >= 0.6 is 0 Å². The summed E-state index contributed by atoms with van der Waals surface area (Å²) in [5.74, 6) is -1.81. The maximum atomic E-state index is 14.0. The van der Waals surface area contributed by atoms with Gasteiger partial charge in [0.2, 0.25) is 0 Å². The Kier molecular flexibility index (Phi) is 2.52. The van der Waals surface area contributed by atoms with Crippen molar-refractivity contribution in [2.45, 2.75) is 12.3 Å². The van der Waals surface area contributed by atoms with E-state index < -0.39 is 17.7 Å². The van der Waals surface area contributed by atoms with E-state index in [-0.39, 0.29) is 12.2 Å². The second kappa shape index (κ2) is 4.09. The van der Waals surface area contributed by atoms with Crippen LogP contribution in [-0.2, 0) is 4.79 Å². The fraction of sp³-hybridized carbons (Fsp3) is 0.133. The summed E-state index contributed by atoms with van der Waals surface area (Å²) in [4.78, 5) is 11.0. The minimum absolute atomic E-state index is 0.0169. The van der Waals surface area contributed by atoms with E-state index in [1.54, 1.807) is 24.3 Å². The zero-order chi connectivity index (χ0) is 13.6. The molecule has 0 spiro atoms. The highest BCUT2D eigenvalue weighted by Gasteiger charge is 2.33. The third kappa shape index (κ3) is 1.68. The monoisotopic (exact) mass is 258 g/mol. The fourth-order valence-corrected chi connectivity index (χ4v) is 2.78. The molecule has 0 amide bonds. The first-order valence-electron chi connectivity index (χ1n) is 5.92. The molecule has 0 saturated carbocycles. The summed E-state index contributed by atoms with van der Waals surface area (Å²) in [5.41, 5.74) is 2.03. The number of carbonyl (C=O) groups is 1. The lowest BCUT2D eigenvalue weighted by Gasteiger charge is -2.10. The van der Waals surface area contributed by atoms with Crippen molar-refractivity contribution in [3.05, 3.63) is 53.3 Å². The third-order valence-electron chi connectivity index (χ3n) is 3.50. The number of aromatic hydroxyl groups is 1. The summed E-state index contributed by atoms with van der Waals surface area (Å²) in [6, 6.07) is 9.46. The van der Waals surface area contributed by atoms with Gasteiger partial charge in [0, 0.05) is 17.0 Å². The van der Waals surface area contributed by atoms with Gasteiger partial charge in [-0.2, -0.15) is 0 Å². The van der Waals surface area contributed by atoms with E-state index in [9.17, 15) is 14.3 Å². The van der Waals surface area contributed by atoms with Crippen LogP contribution in [0.5, 0.6) is 5.75 Å². The van der Waals surface area contributed by atoms with Crippen LogP contribution in [0.25, 0.3) is 11.1 Å². The van der Waals surface area contributed by atoms with Crippen molar-refractivity contribution < 1.29 is 19.4 Å². The van der Waals surface area contributed by atoms with E-state index in [1.165, 1.54) is 12.1 Å². The van der Waals surface area contributed by atoms with E-state index in [4.69, 9.17) is 5.11 Å². The molecular formula is C15H11FO3. The summed E-state index contributed by atoms with van der Waals surface area (Å²) in [5, 5.41) is 18.9. The van der Waals surface area contributed by atoms with Crippen LogP contribution in [0.15, 0.2) is 36.4 Å². The summed E-state index contributed by atoms with van der Waals surface area (Å²) < 4.78 is 14.0. The van der Waals surface area contributed by atoms with Gasteiger partial charge >= 0.3 is 5.97 Å². The fourth-order valence-electron chi connectivity index (χ4n) is 2.78. The molecule has 0 aliphatic heterocycles. The lowest BCUT2D eigenvalue weighted by molar-refractivity contribution is -0.137. The molecule has 2 aromatic carbocycles. The number of halogens is 1. The minimum atomic E-state index is -0.948. The average Bonchev–Trinajstić information content (AvgIpc) is 2.66. The van der Waals surface area contributed by atoms with Crippen LogP contribution in [0.4, 0.5) is 4.39 Å². The molecule has 1 atom stereocenters. The van der Waals surface area contributed by atoms with E-state index in [0.29, 0.717) is 22.3 Å². The number of hydrogen-bond acceptors (Lipinski definition) is 2. The Balaban J connectivity index is 2.30. The van der Waals surface area contributed by atoms with E-state index >= 15 is 0 Å². The number of carboxylic acids is 1. The van der Waals surface area contributed by atoms with Crippen molar-refractivity contribution in [1.82, 2.24) is 0 Å². The molecule has 96 valence electrons. The smallest absolute Gasteiger partial charge is 0.304 e. The molecule has 3 rings (SSSR count). The molecular weight excluding hydrogens is 247 g/mol. The number of rotatable bonds is 2. The molecule has 2 N–H and O–H groups in total. The molecule has 1 aliphatic rings. The van der Waals surface area contributed by atoms with Crippen LogP contribution in [0.1, 0.15) is 23.5 Å². The van der Waals surface area contributed by atoms with Gasteiger partial charge < -0.3 is 10.2 Å². The van der Waals surface area contributed by atoms with E-state index in [0.717, 1.165) is 0 Å². The molecule has 3 nitrogen and oxygen atoms in total. The van der Waals surface area contributed by atoms with Crippen LogP contribution in [0.2, 0.25) is 0 Å². The second-order valence-corrected chi connectivity index (χ2v) is 4.60. The van der Waals surface area contributed by atoms with Gasteiger partial charge in [0.1, 0.15) is 11.6 Å². The van der Waals surface area contributed by atoms with Crippen molar-refractivity contribution >= 4 is 5.97 Å². The van der Waals surface area contributed by atoms with Gasteiger partial charge in [-0.05, 0) is 23.3 Å². The number of phenolic OH excluding ortho intramolecular Hbond substituents is 1. The maximum Gasteiger partial charge on any atom is 0.304 e. The molecule has 0 bridgehead atoms. The number of aliphatic carboxylic acids is 1. The highest BCUT2D eigenvalue weighted by atomic mass is 19.1. The summed E-state index contributed by atoms with van der Waals surface area (Å²) >= 11 is 0. The second-order valence-electron chi connectivity index (χ2n) is 4.60. The zero-order valence-electron chi connectivity index (χ0n) is 9.93. The predicted molar refractivity (Wildman–Crippen MR) is 67.6 cm³/mol. The quantitative estimate of drug-likeness (QED) is 0.870. The Morgan fingerprint density at radius 1 is 1.11 bits per heavy atom. The third-order valence-corrected chi connectivity index (χ3v) is 3.50. The highest BCUT2D eigenvalue weighted by Crippen LogP contribution is 2.50. The molecule has 0 fully saturated rings. The Morgan fingerprint density at radius 3 is 2.42 bits per heavy atom. The molecule has 0 saturated heterocycles. The molecule has 4 heteroatoms. The van der Waals surface area contributed by atoms with Crippen molar-refractivity contribution in [1.29, 1.82) is 0 Å². The van der Waals surface area contributed by atoms with E-state index in [1.807, 2.05) is 0 Å². The molecule has 19 heavy (non-hydrogen) atoms. The SMILES string of the molecule is O=C(O)CC1c2cccc(O)c2-c2c(F)cccc21. The largest absolute Gasteiger partial charge is 0.507 e. The van der Waals surface area contributed by atoms with Crippen LogP contribution in [0.3, 0.4) is 0 Å². The molecule has 0 radical (unpaired) electrons. The van der Waals surface area contributed by atoms with Gasteiger partial charge in [-0.3, -0.25) is 4.79 Å². The zero-order valence-corrected chi connectivity index (χ0v) is 9.93. The predicted octanol–water partition coefficient (Wildman–Crippen LogP) is 3.12. The Hall–Kier alpha value is -2.36. The number of fused-ring (bicyclic) bond motifs is 3. The number of benzene rings is 2. The lowest BCUT2D eigenvalue weighted by atomic mass is 9.94. The van der Waals surface area contributed by atoms with E-state index in [2.05, 4.69) is 0 Å². The van der Waals surface area contributed by atoms with Crippen LogP contribution < -0.4 is 0 Å². The molecule has 0 heterocycles. The summed E-state index contributed by atoms with van der Waals surface area (Å²) in [6.07, 6.45) is -0.118. The topological polar surface area (TPSA) is 57.5 Å². The molecule has 1 aliphatic carbocycles.